The predicted octanol–water partition coefficient (Wildman–Crippen LogP) is 2.99. The van der Waals surface area contributed by atoms with E-state index in [1.807, 2.05) is 35.1 Å². The van der Waals surface area contributed by atoms with Crippen LogP contribution >= 0.6 is 0 Å². The molecule has 0 aliphatic heterocycles. The minimum atomic E-state index is 0.213. The van der Waals surface area contributed by atoms with E-state index in [1.54, 1.807) is 6.20 Å². The van der Waals surface area contributed by atoms with Gasteiger partial charge in [-0.1, -0.05) is 13.0 Å². The lowest BCUT2D eigenvalue weighted by Crippen LogP contribution is -2.08. The van der Waals surface area contributed by atoms with Crippen LogP contribution < -0.4 is 0 Å². The van der Waals surface area contributed by atoms with E-state index >= 15 is 0 Å². The molecule has 0 fully saturated rings. The molecule has 2 heterocycles. The molecule has 2 aromatic rings. The van der Waals surface area contributed by atoms with Gasteiger partial charge >= 0.3 is 0 Å². The van der Waals surface area contributed by atoms with Crippen LogP contribution in [0.25, 0.3) is 0 Å². The van der Waals surface area contributed by atoms with E-state index in [2.05, 4.69) is 23.9 Å². The molecule has 0 saturated carbocycles. The van der Waals surface area contributed by atoms with Crippen molar-refractivity contribution in [3.8, 4) is 0 Å². The Kier molecular flexibility index (Phi) is 5.04. The predicted molar refractivity (Wildman–Crippen MR) is 78.5 cm³/mol. The molecule has 1 atom stereocenters. The van der Waals surface area contributed by atoms with Crippen LogP contribution in [0.5, 0.6) is 0 Å². The van der Waals surface area contributed by atoms with Gasteiger partial charge in [0.2, 0.25) is 0 Å². The van der Waals surface area contributed by atoms with Gasteiger partial charge in [-0.05, 0) is 38.0 Å². The van der Waals surface area contributed by atoms with Crippen molar-refractivity contribution in [2.75, 3.05) is 0 Å². The highest BCUT2D eigenvalue weighted by molar-refractivity contribution is 5.80. The number of nitrogens with zero attached hydrogens (tertiary/aromatic N) is 3. The van der Waals surface area contributed by atoms with Crippen LogP contribution in [-0.4, -0.2) is 20.5 Å². The minimum absolute atomic E-state index is 0.213. The molecule has 0 saturated heterocycles. The van der Waals surface area contributed by atoms with Gasteiger partial charge in [-0.3, -0.25) is 14.5 Å². The standard InChI is InChI=1S/C16H21N3O/c1-3-13(2)19-11-9-15(18-19)12-16(20)8-7-14-6-4-5-10-17-14/h4-6,9-11,13H,3,7-8,12H2,1-2H3. The van der Waals surface area contributed by atoms with Crippen molar-refractivity contribution in [3.05, 3.63) is 48.0 Å². The zero-order valence-corrected chi connectivity index (χ0v) is 12.1. The van der Waals surface area contributed by atoms with Crippen molar-refractivity contribution < 1.29 is 4.79 Å². The Morgan fingerprint density at radius 2 is 2.15 bits per heavy atom. The van der Waals surface area contributed by atoms with Gasteiger partial charge < -0.3 is 0 Å². The molecule has 0 aromatic carbocycles. The van der Waals surface area contributed by atoms with Crippen molar-refractivity contribution >= 4 is 5.78 Å². The van der Waals surface area contributed by atoms with Gasteiger partial charge in [0.1, 0.15) is 5.78 Å². The van der Waals surface area contributed by atoms with E-state index in [4.69, 9.17) is 0 Å². The number of carbonyl (C=O) groups is 1. The van der Waals surface area contributed by atoms with E-state index in [0.29, 0.717) is 25.3 Å². The Morgan fingerprint density at radius 3 is 2.85 bits per heavy atom. The molecule has 1 unspecified atom stereocenters. The molecule has 0 N–H and O–H groups in total. The van der Waals surface area contributed by atoms with Crippen LogP contribution in [0.4, 0.5) is 0 Å². The summed E-state index contributed by atoms with van der Waals surface area (Å²) in [5, 5.41) is 4.46. The number of rotatable bonds is 7. The monoisotopic (exact) mass is 271 g/mol. The molecule has 0 radical (unpaired) electrons. The zero-order chi connectivity index (χ0) is 14.4. The molecule has 20 heavy (non-hydrogen) atoms. The lowest BCUT2D eigenvalue weighted by atomic mass is 10.1. The number of aryl methyl sites for hydroxylation is 1. The molecular weight excluding hydrogens is 250 g/mol. The first-order valence-electron chi connectivity index (χ1n) is 7.14. The number of carbonyl (C=O) groups excluding carboxylic acids is 1. The largest absolute Gasteiger partial charge is 0.299 e. The maximum Gasteiger partial charge on any atom is 0.139 e. The normalized spacial score (nSPS) is 12.3. The molecule has 0 aliphatic carbocycles. The second-order valence-corrected chi connectivity index (χ2v) is 5.08. The fourth-order valence-corrected chi connectivity index (χ4v) is 2.01. The topological polar surface area (TPSA) is 47.8 Å². The summed E-state index contributed by atoms with van der Waals surface area (Å²) in [6.45, 7) is 4.25. The van der Waals surface area contributed by atoms with Gasteiger partial charge in [-0.15, -0.1) is 0 Å². The summed E-state index contributed by atoms with van der Waals surface area (Å²) in [6, 6.07) is 8.09. The van der Waals surface area contributed by atoms with Crippen molar-refractivity contribution in [2.45, 2.75) is 45.6 Å². The Labute approximate surface area is 119 Å². The first-order chi connectivity index (χ1) is 9.69. The molecule has 0 bridgehead atoms. The summed E-state index contributed by atoms with van der Waals surface area (Å²) in [4.78, 5) is 16.2. The zero-order valence-electron chi connectivity index (χ0n) is 12.1. The Hall–Kier alpha value is -1.97. The molecule has 0 spiro atoms. The molecular formula is C16H21N3O. The quantitative estimate of drug-likeness (QED) is 0.777. The van der Waals surface area contributed by atoms with Gasteiger partial charge in [0.05, 0.1) is 12.1 Å². The maximum absolute atomic E-state index is 12.0. The average molecular weight is 271 g/mol. The number of pyridine rings is 1. The number of Topliss-reactive ketones (excluding diaryl/α,β-unsaturated/α-hetero) is 1. The summed E-state index contributed by atoms with van der Waals surface area (Å²) in [5.41, 5.74) is 1.82. The van der Waals surface area contributed by atoms with Crippen molar-refractivity contribution in [1.29, 1.82) is 0 Å². The number of aromatic nitrogens is 3. The number of hydrogen-bond acceptors (Lipinski definition) is 3. The minimum Gasteiger partial charge on any atom is -0.299 e. The SMILES string of the molecule is CCC(C)n1ccc(CC(=O)CCc2ccccn2)n1. The smallest absolute Gasteiger partial charge is 0.139 e. The molecule has 0 amide bonds. The van der Waals surface area contributed by atoms with Gasteiger partial charge in [-0.2, -0.15) is 5.10 Å². The highest BCUT2D eigenvalue weighted by Gasteiger charge is 2.09. The van der Waals surface area contributed by atoms with Gasteiger partial charge in [0, 0.05) is 30.6 Å². The highest BCUT2D eigenvalue weighted by atomic mass is 16.1. The first-order valence-corrected chi connectivity index (χ1v) is 7.14. The Morgan fingerprint density at radius 1 is 1.30 bits per heavy atom. The van der Waals surface area contributed by atoms with Crippen molar-refractivity contribution in [1.82, 2.24) is 14.8 Å². The third-order valence-corrected chi connectivity index (χ3v) is 3.47. The van der Waals surface area contributed by atoms with E-state index in [-0.39, 0.29) is 5.78 Å². The molecule has 4 heteroatoms. The number of hydrogen-bond donors (Lipinski definition) is 0. The van der Waals surface area contributed by atoms with Crippen molar-refractivity contribution in [3.63, 3.8) is 0 Å². The molecule has 4 nitrogen and oxygen atoms in total. The van der Waals surface area contributed by atoms with Gasteiger partial charge in [-0.25, -0.2) is 0 Å². The molecule has 0 aliphatic rings. The highest BCUT2D eigenvalue weighted by Crippen LogP contribution is 2.10. The van der Waals surface area contributed by atoms with Crippen LogP contribution in [0.1, 0.15) is 44.1 Å². The van der Waals surface area contributed by atoms with Crippen molar-refractivity contribution in [2.24, 2.45) is 0 Å². The summed E-state index contributed by atoms with van der Waals surface area (Å²) < 4.78 is 1.93. The number of ketones is 1. The lowest BCUT2D eigenvalue weighted by molar-refractivity contribution is -0.118. The van der Waals surface area contributed by atoms with E-state index < -0.39 is 0 Å². The summed E-state index contributed by atoms with van der Waals surface area (Å²) in [6.07, 6.45) is 6.38. The van der Waals surface area contributed by atoms with E-state index in [0.717, 1.165) is 17.8 Å². The van der Waals surface area contributed by atoms with Gasteiger partial charge in [0.15, 0.2) is 0 Å². The summed E-state index contributed by atoms with van der Waals surface area (Å²) >= 11 is 0. The Bertz CT molecular complexity index is 548. The average Bonchev–Trinajstić information content (AvgIpc) is 2.94. The van der Waals surface area contributed by atoms with E-state index in [1.165, 1.54) is 0 Å². The molecule has 2 aromatic heterocycles. The van der Waals surface area contributed by atoms with E-state index in [9.17, 15) is 4.79 Å². The molecule has 2 rings (SSSR count). The third-order valence-electron chi connectivity index (χ3n) is 3.47. The Balaban J connectivity index is 1.84. The second-order valence-electron chi connectivity index (χ2n) is 5.08. The van der Waals surface area contributed by atoms with Crippen LogP contribution in [-0.2, 0) is 17.6 Å². The first kappa shape index (κ1) is 14.4. The summed E-state index contributed by atoms with van der Waals surface area (Å²) in [5.74, 6) is 0.213. The lowest BCUT2D eigenvalue weighted by Gasteiger charge is -2.08. The van der Waals surface area contributed by atoms with Crippen LogP contribution in [0.3, 0.4) is 0 Å². The third kappa shape index (κ3) is 4.02. The summed E-state index contributed by atoms with van der Waals surface area (Å²) in [7, 11) is 0. The molecule has 106 valence electrons. The van der Waals surface area contributed by atoms with Crippen LogP contribution in [0.15, 0.2) is 36.7 Å². The van der Waals surface area contributed by atoms with Crippen LogP contribution in [0.2, 0.25) is 0 Å². The van der Waals surface area contributed by atoms with Gasteiger partial charge in [0.25, 0.3) is 0 Å². The van der Waals surface area contributed by atoms with Crippen LogP contribution in [0, 0.1) is 0 Å². The second kappa shape index (κ2) is 6.98. The fraction of sp³-hybridized carbons (Fsp3) is 0.438. The maximum atomic E-state index is 12.0. The fourth-order valence-electron chi connectivity index (χ4n) is 2.01.